The van der Waals surface area contributed by atoms with Crippen molar-refractivity contribution in [3.8, 4) is 17.2 Å². The van der Waals surface area contributed by atoms with Gasteiger partial charge >= 0.3 is 0 Å². The molecule has 0 radical (unpaired) electrons. The summed E-state index contributed by atoms with van der Waals surface area (Å²) in [6.07, 6.45) is 0.604. The van der Waals surface area contributed by atoms with Gasteiger partial charge in [0.2, 0.25) is 11.8 Å². The maximum absolute atomic E-state index is 13.6. The Bertz CT molecular complexity index is 1580. The zero-order valence-electron chi connectivity index (χ0n) is 25.7. The summed E-state index contributed by atoms with van der Waals surface area (Å²) in [4.78, 5) is 55.2. The Morgan fingerprint density at radius 3 is 2.67 bits per heavy atom. The lowest BCUT2D eigenvalue weighted by Gasteiger charge is -2.39. The first-order valence-corrected chi connectivity index (χ1v) is 15.1. The SMILES string of the molecule is CCCN1CC(=O)N[C@H]2CCN(C(=O)c3cccc(NC(C)=O)c3)C[C@@H]2OCc2cccc(c2)Oc2cc(ccc2OC)C1=O. The first-order valence-electron chi connectivity index (χ1n) is 15.1. The van der Waals surface area contributed by atoms with Crippen molar-refractivity contribution in [1.29, 1.82) is 0 Å². The predicted molar refractivity (Wildman–Crippen MR) is 167 cm³/mol. The summed E-state index contributed by atoms with van der Waals surface area (Å²) in [6, 6.07) is 18.8. The quantitative estimate of drug-likeness (QED) is 0.441. The van der Waals surface area contributed by atoms with Crippen molar-refractivity contribution < 1.29 is 33.4 Å². The molecule has 2 N–H and O–H groups in total. The second-order valence-corrected chi connectivity index (χ2v) is 11.2. The summed E-state index contributed by atoms with van der Waals surface area (Å²) in [7, 11) is 1.53. The van der Waals surface area contributed by atoms with Crippen LogP contribution in [0.3, 0.4) is 0 Å². The minimum absolute atomic E-state index is 0.129. The third-order valence-corrected chi connectivity index (χ3v) is 7.74. The van der Waals surface area contributed by atoms with Crippen molar-refractivity contribution in [3.63, 3.8) is 0 Å². The Hall–Kier alpha value is -4.90. The van der Waals surface area contributed by atoms with Gasteiger partial charge in [0.25, 0.3) is 11.8 Å². The summed E-state index contributed by atoms with van der Waals surface area (Å²) in [5.41, 5.74) is 2.19. The van der Waals surface area contributed by atoms with Crippen molar-refractivity contribution in [1.82, 2.24) is 15.1 Å². The van der Waals surface area contributed by atoms with Crippen molar-refractivity contribution in [2.24, 2.45) is 0 Å². The number of fused-ring (bicyclic) bond motifs is 5. The number of rotatable bonds is 5. The van der Waals surface area contributed by atoms with Crippen LogP contribution in [0.15, 0.2) is 66.7 Å². The summed E-state index contributed by atoms with van der Waals surface area (Å²) in [6.45, 7) is 4.47. The Kier molecular flexibility index (Phi) is 9.99. The van der Waals surface area contributed by atoms with Gasteiger partial charge < -0.3 is 34.6 Å². The monoisotopic (exact) mass is 614 g/mol. The number of piperidine rings is 1. The fraction of sp³-hybridized carbons (Fsp3) is 0.353. The predicted octanol–water partition coefficient (Wildman–Crippen LogP) is 4.23. The van der Waals surface area contributed by atoms with E-state index in [2.05, 4.69) is 10.6 Å². The van der Waals surface area contributed by atoms with E-state index in [-0.39, 0.29) is 49.4 Å². The van der Waals surface area contributed by atoms with Gasteiger partial charge in [0.15, 0.2) is 11.5 Å². The number of hydrogen-bond donors (Lipinski definition) is 2. The molecule has 2 atom stereocenters. The molecule has 0 unspecified atom stereocenters. The van der Waals surface area contributed by atoms with Gasteiger partial charge in [-0.15, -0.1) is 0 Å². The molecule has 2 aliphatic heterocycles. The lowest BCUT2D eigenvalue weighted by Crippen LogP contribution is -2.57. The van der Waals surface area contributed by atoms with Crippen LogP contribution in [0, 0.1) is 0 Å². The fourth-order valence-electron chi connectivity index (χ4n) is 5.60. The number of carbonyl (C=O) groups is 4. The molecule has 0 aromatic heterocycles. The van der Waals surface area contributed by atoms with Crippen LogP contribution in [0.25, 0.3) is 0 Å². The molecule has 1 fully saturated rings. The third kappa shape index (κ3) is 7.79. The molecule has 11 nitrogen and oxygen atoms in total. The number of methoxy groups -OCH3 is 1. The third-order valence-electron chi connectivity index (χ3n) is 7.74. The summed E-state index contributed by atoms with van der Waals surface area (Å²) >= 11 is 0. The number of amides is 4. The number of anilines is 1. The first-order chi connectivity index (χ1) is 21.7. The maximum atomic E-state index is 13.6. The van der Waals surface area contributed by atoms with Gasteiger partial charge in [-0.2, -0.15) is 0 Å². The topological polar surface area (TPSA) is 127 Å². The van der Waals surface area contributed by atoms with Crippen molar-refractivity contribution in [3.05, 3.63) is 83.4 Å². The molecule has 3 aromatic carbocycles. The summed E-state index contributed by atoms with van der Waals surface area (Å²) in [5, 5.41) is 5.79. The zero-order valence-corrected chi connectivity index (χ0v) is 25.7. The zero-order chi connectivity index (χ0) is 31.9. The molecule has 236 valence electrons. The average molecular weight is 615 g/mol. The van der Waals surface area contributed by atoms with Crippen molar-refractivity contribution in [2.75, 3.05) is 38.6 Å². The van der Waals surface area contributed by atoms with Gasteiger partial charge in [-0.3, -0.25) is 19.2 Å². The van der Waals surface area contributed by atoms with Gasteiger partial charge in [-0.05, 0) is 66.9 Å². The fourth-order valence-corrected chi connectivity index (χ4v) is 5.60. The highest BCUT2D eigenvalue weighted by molar-refractivity contribution is 5.98. The number of ether oxygens (including phenoxy) is 3. The van der Waals surface area contributed by atoms with Crippen LogP contribution in [0.5, 0.6) is 17.2 Å². The highest BCUT2D eigenvalue weighted by Crippen LogP contribution is 2.33. The van der Waals surface area contributed by atoms with Gasteiger partial charge in [0.1, 0.15) is 5.75 Å². The molecular formula is C34H38N4O7. The van der Waals surface area contributed by atoms with E-state index in [9.17, 15) is 19.2 Å². The molecule has 4 bridgehead atoms. The van der Waals surface area contributed by atoms with Crippen molar-refractivity contribution in [2.45, 2.75) is 45.4 Å². The van der Waals surface area contributed by atoms with E-state index in [1.807, 2.05) is 31.2 Å². The van der Waals surface area contributed by atoms with Crippen LogP contribution in [-0.4, -0.2) is 78.9 Å². The van der Waals surface area contributed by atoms with Gasteiger partial charge in [-0.1, -0.05) is 25.1 Å². The van der Waals surface area contributed by atoms with Gasteiger partial charge in [-0.25, -0.2) is 0 Å². The summed E-state index contributed by atoms with van der Waals surface area (Å²) < 4.78 is 18.0. The molecule has 4 amide bonds. The van der Waals surface area contributed by atoms with Gasteiger partial charge in [0.05, 0.1) is 32.4 Å². The Labute approximate surface area is 262 Å². The lowest BCUT2D eigenvalue weighted by molar-refractivity contribution is -0.124. The number of carbonyl (C=O) groups excluding carboxylic acids is 4. The van der Waals surface area contributed by atoms with E-state index in [4.69, 9.17) is 14.2 Å². The molecule has 11 heteroatoms. The van der Waals surface area contributed by atoms with E-state index < -0.39 is 6.10 Å². The number of likely N-dealkylation sites (tertiary alicyclic amines) is 1. The number of nitrogens with zero attached hydrogens (tertiary/aromatic N) is 2. The second kappa shape index (κ2) is 14.3. The molecule has 3 aromatic rings. The molecule has 2 heterocycles. The highest BCUT2D eigenvalue weighted by Gasteiger charge is 2.34. The van der Waals surface area contributed by atoms with E-state index in [0.717, 1.165) is 5.56 Å². The number of nitrogens with one attached hydrogen (secondary N) is 2. The molecule has 0 aliphatic carbocycles. The second-order valence-electron chi connectivity index (χ2n) is 11.2. The van der Waals surface area contributed by atoms with Crippen LogP contribution in [-0.2, 0) is 20.9 Å². The number of benzene rings is 3. The minimum Gasteiger partial charge on any atom is -0.493 e. The summed E-state index contributed by atoms with van der Waals surface area (Å²) in [5.74, 6) is 0.350. The number of hydrogen-bond acceptors (Lipinski definition) is 7. The Morgan fingerprint density at radius 1 is 1.07 bits per heavy atom. The molecule has 0 saturated carbocycles. The van der Waals surface area contributed by atoms with Crippen LogP contribution >= 0.6 is 0 Å². The maximum Gasteiger partial charge on any atom is 0.254 e. The largest absolute Gasteiger partial charge is 0.493 e. The Morgan fingerprint density at radius 2 is 1.89 bits per heavy atom. The average Bonchev–Trinajstić information content (AvgIpc) is 3.03. The Balaban J connectivity index is 1.43. The molecule has 5 rings (SSSR count). The van der Waals surface area contributed by atoms with Crippen molar-refractivity contribution >= 4 is 29.3 Å². The molecule has 45 heavy (non-hydrogen) atoms. The van der Waals surface area contributed by atoms with Crippen LogP contribution < -0.4 is 20.1 Å². The first kappa shape index (κ1) is 31.5. The lowest BCUT2D eigenvalue weighted by atomic mass is 10.00. The smallest absolute Gasteiger partial charge is 0.254 e. The van der Waals surface area contributed by atoms with Crippen LogP contribution in [0.2, 0.25) is 0 Å². The van der Waals surface area contributed by atoms with E-state index >= 15 is 0 Å². The van der Waals surface area contributed by atoms with E-state index in [0.29, 0.717) is 60.0 Å². The highest BCUT2D eigenvalue weighted by atomic mass is 16.5. The standard InChI is InChI=1S/C34H38N4O7/c1-4-14-37-20-32(40)36-28-13-15-38(33(41)24-8-6-9-26(17-24)35-22(2)39)19-31(28)44-21-23-7-5-10-27(16-23)45-30-18-25(34(37)42)11-12-29(30)43-3/h5-12,16-18,28,31H,4,13-15,19-21H2,1-3H3,(H,35,39)(H,36,40)/t28-,31-/m0/s1. The molecule has 1 saturated heterocycles. The normalized spacial score (nSPS) is 18.7. The van der Waals surface area contributed by atoms with E-state index in [1.165, 1.54) is 18.9 Å². The van der Waals surface area contributed by atoms with E-state index in [1.54, 1.807) is 47.4 Å². The van der Waals surface area contributed by atoms with Crippen LogP contribution in [0.4, 0.5) is 5.69 Å². The van der Waals surface area contributed by atoms with Crippen LogP contribution in [0.1, 0.15) is 53.0 Å². The molecular weight excluding hydrogens is 576 g/mol. The van der Waals surface area contributed by atoms with Gasteiger partial charge in [0, 0.05) is 43.4 Å². The minimum atomic E-state index is -0.522. The molecule has 2 aliphatic rings. The molecule has 0 spiro atoms.